The summed E-state index contributed by atoms with van der Waals surface area (Å²) < 4.78 is 5.24. The molecule has 0 saturated carbocycles. The number of carbonyl (C=O) groups excluding carboxylic acids is 2. The molecular weight excluding hydrogens is 380 g/mol. The zero-order valence-electron chi connectivity index (χ0n) is 17.7. The minimum absolute atomic E-state index is 0.121. The quantitative estimate of drug-likeness (QED) is 0.412. The Hall–Kier alpha value is -3.12. The van der Waals surface area contributed by atoms with Crippen LogP contribution in [0.1, 0.15) is 31.0 Å². The highest BCUT2D eigenvalue weighted by Crippen LogP contribution is 2.39. The van der Waals surface area contributed by atoms with Crippen LogP contribution in [-0.2, 0) is 9.59 Å². The van der Waals surface area contributed by atoms with Gasteiger partial charge in [-0.15, -0.1) is 0 Å². The van der Waals surface area contributed by atoms with Gasteiger partial charge in [0.25, 0.3) is 11.7 Å². The van der Waals surface area contributed by atoms with Crippen molar-refractivity contribution < 1.29 is 19.4 Å². The van der Waals surface area contributed by atoms with Crippen LogP contribution in [0.2, 0.25) is 0 Å². The molecule has 0 radical (unpaired) electrons. The second-order valence-corrected chi connectivity index (χ2v) is 7.16. The molecule has 1 saturated heterocycles. The number of Topliss-reactive ketones (excluding diaryl/α,β-unsaturated/α-hetero) is 1. The summed E-state index contributed by atoms with van der Waals surface area (Å²) in [6.07, 6.45) is 0. The van der Waals surface area contributed by atoms with Crippen molar-refractivity contribution in [1.29, 1.82) is 0 Å². The maximum Gasteiger partial charge on any atom is 0.295 e. The van der Waals surface area contributed by atoms with Crippen LogP contribution in [0.15, 0.2) is 60.2 Å². The van der Waals surface area contributed by atoms with E-state index in [1.54, 1.807) is 48.4 Å². The molecule has 0 unspecified atom stereocenters. The van der Waals surface area contributed by atoms with E-state index in [9.17, 15) is 14.7 Å². The van der Waals surface area contributed by atoms with E-state index in [-0.39, 0.29) is 11.3 Å². The lowest BCUT2D eigenvalue weighted by atomic mass is 9.95. The van der Waals surface area contributed by atoms with Gasteiger partial charge in [-0.25, -0.2) is 0 Å². The lowest BCUT2D eigenvalue weighted by molar-refractivity contribution is -0.140. The predicted octanol–water partition coefficient (Wildman–Crippen LogP) is 3.46. The number of likely N-dealkylation sites (N-methyl/N-ethyl adjacent to an activating group) is 1. The molecule has 1 amide bonds. The van der Waals surface area contributed by atoms with Crippen LogP contribution < -0.4 is 4.74 Å². The molecule has 1 aliphatic rings. The van der Waals surface area contributed by atoms with E-state index >= 15 is 0 Å². The summed E-state index contributed by atoms with van der Waals surface area (Å²) in [7, 11) is 1.58. The normalized spacial score (nSPS) is 18.3. The van der Waals surface area contributed by atoms with E-state index in [1.165, 1.54) is 0 Å². The van der Waals surface area contributed by atoms with Crippen molar-refractivity contribution in [2.75, 3.05) is 33.3 Å². The molecule has 1 heterocycles. The van der Waals surface area contributed by atoms with E-state index in [0.717, 1.165) is 18.7 Å². The number of nitrogens with zero attached hydrogens (tertiary/aromatic N) is 2. The average molecular weight is 408 g/mol. The third kappa shape index (κ3) is 4.24. The molecule has 0 aliphatic carbocycles. The number of carbonyl (C=O) groups is 2. The van der Waals surface area contributed by atoms with Crippen molar-refractivity contribution in [2.24, 2.45) is 0 Å². The summed E-state index contributed by atoms with van der Waals surface area (Å²) in [5, 5.41) is 11.0. The molecule has 3 rings (SSSR count). The van der Waals surface area contributed by atoms with Crippen LogP contribution in [0, 0.1) is 0 Å². The number of rotatable bonds is 8. The van der Waals surface area contributed by atoms with Crippen molar-refractivity contribution in [1.82, 2.24) is 9.80 Å². The Morgan fingerprint density at radius 1 is 1.03 bits per heavy atom. The number of hydrogen-bond donors (Lipinski definition) is 1. The highest BCUT2D eigenvalue weighted by molar-refractivity contribution is 6.46. The Kier molecular flexibility index (Phi) is 6.90. The number of hydrogen-bond acceptors (Lipinski definition) is 5. The van der Waals surface area contributed by atoms with Gasteiger partial charge in [-0.3, -0.25) is 9.59 Å². The Labute approximate surface area is 177 Å². The number of amides is 1. The van der Waals surface area contributed by atoms with Gasteiger partial charge in [0.2, 0.25) is 0 Å². The third-order valence-corrected chi connectivity index (χ3v) is 5.57. The summed E-state index contributed by atoms with van der Waals surface area (Å²) in [4.78, 5) is 29.7. The molecule has 6 nitrogen and oxygen atoms in total. The smallest absolute Gasteiger partial charge is 0.295 e. The Balaban J connectivity index is 2.07. The minimum atomic E-state index is -0.656. The Morgan fingerprint density at radius 2 is 1.67 bits per heavy atom. The fourth-order valence-corrected chi connectivity index (χ4v) is 3.78. The molecular formula is C24H28N2O4. The zero-order valence-corrected chi connectivity index (χ0v) is 17.7. The van der Waals surface area contributed by atoms with Gasteiger partial charge in [0, 0.05) is 18.7 Å². The van der Waals surface area contributed by atoms with Crippen molar-refractivity contribution in [2.45, 2.75) is 19.9 Å². The maximum absolute atomic E-state index is 13.0. The fourth-order valence-electron chi connectivity index (χ4n) is 3.78. The molecule has 2 aromatic rings. The minimum Gasteiger partial charge on any atom is -0.507 e. The van der Waals surface area contributed by atoms with Crippen molar-refractivity contribution in [3.8, 4) is 5.75 Å². The van der Waals surface area contributed by atoms with Crippen molar-refractivity contribution in [3.63, 3.8) is 0 Å². The highest BCUT2D eigenvalue weighted by atomic mass is 16.5. The molecule has 1 atom stereocenters. The number of likely N-dealkylation sites (tertiary alicyclic amines) is 1. The Morgan fingerprint density at radius 3 is 2.23 bits per heavy atom. The molecule has 0 bridgehead atoms. The van der Waals surface area contributed by atoms with Gasteiger partial charge in [-0.2, -0.15) is 0 Å². The molecule has 2 aromatic carbocycles. The number of aliphatic hydroxyl groups is 1. The number of ketones is 1. The van der Waals surface area contributed by atoms with Crippen LogP contribution in [0.5, 0.6) is 5.75 Å². The summed E-state index contributed by atoms with van der Waals surface area (Å²) in [6.45, 7) is 6.89. The van der Waals surface area contributed by atoms with E-state index in [1.807, 2.05) is 18.2 Å². The van der Waals surface area contributed by atoms with Crippen LogP contribution in [0.4, 0.5) is 0 Å². The monoisotopic (exact) mass is 408 g/mol. The molecule has 1 fully saturated rings. The first kappa shape index (κ1) is 21.6. The summed E-state index contributed by atoms with van der Waals surface area (Å²) in [5.41, 5.74) is 1.39. The lowest BCUT2D eigenvalue weighted by Gasteiger charge is -2.28. The van der Waals surface area contributed by atoms with Gasteiger partial charge < -0.3 is 19.6 Å². The van der Waals surface area contributed by atoms with Crippen LogP contribution in [0.25, 0.3) is 5.76 Å². The molecule has 0 aromatic heterocycles. The standard InChI is InChI=1S/C24H28N2O4/c1-4-25(5-2)15-16-26-21(17-11-13-19(30-3)14-12-17)20(23(28)24(26)29)22(27)18-9-7-6-8-10-18/h6-14,21,27H,4-5,15-16H2,1-3H3/b22-20+/t21-/m0/s1. The van der Waals surface area contributed by atoms with Gasteiger partial charge in [0.15, 0.2) is 0 Å². The van der Waals surface area contributed by atoms with Crippen LogP contribution in [0.3, 0.4) is 0 Å². The molecule has 158 valence electrons. The molecule has 30 heavy (non-hydrogen) atoms. The predicted molar refractivity (Wildman–Crippen MR) is 116 cm³/mol. The number of aliphatic hydroxyl groups excluding tert-OH is 1. The van der Waals surface area contributed by atoms with Crippen LogP contribution >= 0.6 is 0 Å². The SMILES string of the molecule is CCN(CC)CCN1C(=O)C(=O)/C(=C(/O)c2ccccc2)[C@@H]1c1ccc(OC)cc1. The maximum atomic E-state index is 13.0. The van der Waals surface area contributed by atoms with E-state index in [4.69, 9.17) is 4.74 Å². The summed E-state index contributed by atoms with van der Waals surface area (Å²) >= 11 is 0. The van der Waals surface area contributed by atoms with Gasteiger partial charge in [0.1, 0.15) is 11.5 Å². The first-order chi connectivity index (χ1) is 14.5. The largest absolute Gasteiger partial charge is 0.507 e. The highest BCUT2D eigenvalue weighted by Gasteiger charge is 2.45. The van der Waals surface area contributed by atoms with Gasteiger partial charge in [-0.1, -0.05) is 56.3 Å². The second-order valence-electron chi connectivity index (χ2n) is 7.16. The van der Waals surface area contributed by atoms with E-state index in [2.05, 4.69) is 18.7 Å². The fraction of sp³-hybridized carbons (Fsp3) is 0.333. The molecule has 0 spiro atoms. The molecule has 1 N–H and O–H groups in total. The first-order valence-electron chi connectivity index (χ1n) is 10.2. The summed E-state index contributed by atoms with van der Waals surface area (Å²) in [5.74, 6) is -0.709. The second kappa shape index (κ2) is 9.59. The third-order valence-electron chi connectivity index (χ3n) is 5.57. The number of ether oxygens (including phenoxy) is 1. The van der Waals surface area contributed by atoms with Gasteiger partial charge >= 0.3 is 0 Å². The topological polar surface area (TPSA) is 70.1 Å². The van der Waals surface area contributed by atoms with E-state index in [0.29, 0.717) is 24.4 Å². The number of methoxy groups -OCH3 is 1. The zero-order chi connectivity index (χ0) is 21.7. The first-order valence-corrected chi connectivity index (χ1v) is 10.2. The van der Waals surface area contributed by atoms with Gasteiger partial charge in [-0.05, 0) is 30.8 Å². The molecule has 1 aliphatic heterocycles. The van der Waals surface area contributed by atoms with E-state index < -0.39 is 17.7 Å². The average Bonchev–Trinajstić information content (AvgIpc) is 3.04. The Bertz CT molecular complexity index is 918. The van der Waals surface area contributed by atoms with Crippen LogP contribution in [-0.4, -0.2) is 59.9 Å². The number of benzene rings is 2. The lowest BCUT2D eigenvalue weighted by Crippen LogP contribution is -2.38. The van der Waals surface area contributed by atoms with Gasteiger partial charge in [0.05, 0.1) is 18.7 Å². The molecule has 6 heteroatoms. The summed E-state index contributed by atoms with van der Waals surface area (Å²) in [6, 6.07) is 15.5. The van der Waals surface area contributed by atoms with Crippen molar-refractivity contribution in [3.05, 3.63) is 71.3 Å². The van der Waals surface area contributed by atoms with Crippen molar-refractivity contribution >= 4 is 17.4 Å².